The van der Waals surface area contributed by atoms with Crippen LogP contribution in [0, 0.1) is 0 Å². The van der Waals surface area contributed by atoms with Crippen LogP contribution in [0.3, 0.4) is 0 Å². The zero-order chi connectivity index (χ0) is 21.8. The van der Waals surface area contributed by atoms with E-state index >= 15 is 0 Å². The number of dihydropyridines is 1. The lowest BCUT2D eigenvalue weighted by atomic mass is 9.83. The van der Waals surface area contributed by atoms with Crippen LogP contribution in [0.4, 0.5) is 5.69 Å². The van der Waals surface area contributed by atoms with E-state index in [1.54, 1.807) is 0 Å². The summed E-state index contributed by atoms with van der Waals surface area (Å²) in [4.78, 5) is 5.29. The monoisotopic (exact) mass is 449 g/mol. The van der Waals surface area contributed by atoms with Gasteiger partial charge in [0.25, 0.3) is 0 Å². The topological polar surface area (TPSA) is 61.0 Å². The fourth-order valence-corrected chi connectivity index (χ4v) is 6.89. The summed E-state index contributed by atoms with van der Waals surface area (Å²) in [6, 6.07) is 9.20. The summed E-state index contributed by atoms with van der Waals surface area (Å²) in [6.07, 6.45) is 9.66. The molecule has 4 saturated heterocycles. The number of piperidine rings is 1. The largest absolute Gasteiger partial charge is 0.487 e. The maximum atomic E-state index is 6.34. The summed E-state index contributed by atoms with van der Waals surface area (Å²) in [5.74, 6) is 1.62. The van der Waals surface area contributed by atoms with Gasteiger partial charge in [0.15, 0.2) is 0 Å². The molecule has 4 fully saturated rings. The van der Waals surface area contributed by atoms with Crippen LogP contribution in [0.1, 0.15) is 37.2 Å². The number of allylic oxidation sites excluding steroid dienone is 1. The molecule has 3 atom stereocenters. The molecule has 7 heteroatoms. The molecule has 33 heavy (non-hydrogen) atoms. The van der Waals surface area contributed by atoms with E-state index in [-0.39, 0.29) is 6.17 Å². The summed E-state index contributed by atoms with van der Waals surface area (Å²) < 4.78 is 11.9. The van der Waals surface area contributed by atoms with E-state index in [4.69, 9.17) is 9.47 Å². The number of morpholine rings is 1. The third-order valence-electron chi connectivity index (χ3n) is 8.66. The Labute approximate surface area is 196 Å². The highest BCUT2D eigenvalue weighted by atomic mass is 16.5. The molecular formula is C26H35N5O2. The number of hydrogen-bond donors (Lipinski definition) is 3. The van der Waals surface area contributed by atoms with E-state index in [0.29, 0.717) is 12.5 Å². The number of nitrogens with one attached hydrogen (secondary N) is 3. The molecule has 176 valence electrons. The van der Waals surface area contributed by atoms with Gasteiger partial charge in [-0.15, -0.1) is 0 Å². The number of nitrogens with zero attached hydrogens (tertiary/aromatic N) is 2. The van der Waals surface area contributed by atoms with Gasteiger partial charge in [0.1, 0.15) is 18.5 Å². The van der Waals surface area contributed by atoms with E-state index in [9.17, 15) is 0 Å². The first-order valence-electron chi connectivity index (χ1n) is 12.8. The van der Waals surface area contributed by atoms with Crippen molar-refractivity contribution in [2.75, 3.05) is 51.3 Å². The number of benzene rings is 1. The van der Waals surface area contributed by atoms with Crippen molar-refractivity contribution in [3.05, 3.63) is 47.3 Å². The Balaban J connectivity index is 1.12. The van der Waals surface area contributed by atoms with Gasteiger partial charge in [0.2, 0.25) is 0 Å². The Bertz CT molecular complexity index is 953. The van der Waals surface area contributed by atoms with Gasteiger partial charge in [0, 0.05) is 61.8 Å². The van der Waals surface area contributed by atoms with Crippen molar-refractivity contribution in [2.24, 2.45) is 0 Å². The molecule has 7 nitrogen and oxygen atoms in total. The van der Waals surface area contributed by atoms with Crippen LogP contribution in [0.2, 0.25) is 0 Å². The van der Waals surface area contributed by atoms with E-state index in [0.717, 1.165) is 55.9 Å². The van der Waals surface area contributed by atoms with Gasteiger partial charge in [-0.25, -0.2) is 0 Å². The zero-order valence-corrected chi connectivity index (χ0v) is 19.3. The Kier molecular flexibility index (Phi) is 5.03. The van der Waals surface area contributed by atoms with Gasteiger partial charge in [0.05, 0.1) is 18.9 Å². The van der Waals surface area contributed by atoms with Gasteiger partial charge < -0.3 is 30.3 Å². The highest BCUT2D eigenvalue weighted by Crippen LogP contribution is 2.46. The molecule has 0 radical (unpaired) electrons. The molecular weight excluding hydrogens is 414 g/mol. The summed E-state index contributed by atoms with van der Waals surface area (Å²) in [7, 11) is 0. The van der Waals surface area contributed by atoms with Crippen LogP contribution in [-0.4, -0.2) is 80.1 Å². The van der Waals surface area contributed by atoms with Gasteiger partial charge in [-0.3, -0.25) is 4.90 Å². The lowest BCUT2D eigenvalue weighted by Gasteiger charge is -2.47. The Morgan fingerprint density at radius 3 is 2.55 bits per heavy atom. The van der Waals surface area contributed by atoms with E-state index in [1.165, 1.54) is 55.6 Å². The van der Waals surface area contributed by atoms with Crippen molar-refractivity contribution in [1.82, 2.24) is 20.4 Å². The van der Waals surface area contributed by atoms with Gasteiger partial charge in [-0.05, 0) is 55.4 Å². The van der Waals surface area contributed by atoms with E-state index < -0.39 is 0 Å². The second kappa shape index (κ2) is 8.22. The zero-order valence-electron chi connectivity index (χ0n) is 19.3. The van der Waals surface area contributed by atoms with Crippen LogP contribution in [-0.2, 0) is 4.74 Å². The molecule has 0 spiro atoms. The molecule has 0 saturated carbocycles. The maximum Gasteiger partial charge on any atom is 0.142 e. The molecule has 7 rings (SSSR count). The molecule has 0 aromatic heterocycles. The first kappa shape index (κ1) is 20.2. The number of hydrogen-bond acceptors (Lipinski definition) is 7. The first-order valence-corrected chi connectivity index (χ1v) is 12.8. The SMILES string of the molecule is C1=CC(N2CCOCC2)=C2COc3ccc(C4C[C@@H]5CC[C@@H](C4)N5C4CNC4)cc3NC2N1. The Morgan fingerprint density at radius 1 is 0.970 bits per heavy atom. The second-order valence-electron chi connectivity index (χ2n) is 10.4. The minimum absolute atomic E-state index is 0.0634. The minimum Gasteiger partial charge on any atom is -0.487 e. The molecule has 0 amide bonds. The van der Waals surface area contributed by atoms with Crippen molar-refractivity contribution < 1.29 is 9.47 Å². The van der Waals surface area contributed by atoms with Gasteiger partial charge in [-0.1, -0.05) is 6.07 Å². The minimum atomic E-state index is 0.0634. The predicted molar refractivity (Wildman–Crippen MR) is 128 cm³/mol. The average Bonchev–Trinajstić information content (AvgIpc) is 2.99. The summed E-state index contributed by atoms with van der Waals surface area (Å²) in [5.41, 5.74) is 5.14. The number of rotatable bonds is 3. The summed E-state index contributed by atoms with van der Waals surface area (Å²) in [6.45, 7) is 6.42. The van der Waals surface area contributed by atoms with Crippen LogP contribution < -0.4 is 20.7 Å². The molecule has 1 aromatic carbocycles. The average molecular weight is 450 g/mol. The fraction of sp³-hybridized carbons (Fsp3) is 0.615. The molecule has 0 aliphatic carbocycles. The molecule has 1 unspecified atom stereocenters. The Hall–Kier alpha value is -2.22. The lowest BCUT2D eigenvalue weighted by Crippen LogP contribution is -2.61. The van der Waals surface area contributed by atoms with Crippen LogP contribution in [0.15, 0.2) is 41.7 Å². The third kappa shape index (κ3) is 3.52. The standard InChI is InChI=1S/C26H35N5O2/c1-4-25-23(13-17(1)18-11-19-2-3-20(12-18)31(19)21-14-27-15-21)29-26-22(16-33-25)24(5-6-28-26)30-7-9-32-10-8-30/h1,4-6,13,18-21,26-29H,2-3,7-12,14-16H2/t19-,20-,26?/m0/s1. The predicted octanol–water partition coefficient (Wildman–Crippen LogP) is 2.20. The molecule has 6 aliphatic heterocycles. The highest BCUT2D eigenvalue weighted by Gasteiger charge is 2.45. The van der Waals surface area contributed by atoms with E-state index in [2.05, 4.69) is 56.2 Å². The van der Waals surface area contributed by atoms with Gasteiger partial charge >= 0.3 is 0 Å². The second-order valence-corrected chi connectivity index (χ2v) is 10.4. The summed E-state index contributed by atoms with van der Waals surface area (Å²) in [5, 5.41) is 10.8. The smallest absolute Gasteiger partial charge is 0.142 e. The summed E-state index contributed by atoms with van der Waals surface area (Å²) >= 11 is 0. The van der Waals surface area contributed by atoms with Crippen LogP contribution in [0.25, 0.3) is 0 Å². The normalized spacial score (nSPS) is 33.9. The fourth-order valence-electron chi connectivity index (χ4n) is 6.89. The maximum absolute atomic E-state index is 6.34. The van der Waals surface area contributed by atoms with Crippen LogP contribution in [0.5, 0.6) is 5.75 Å². The number of ether oxygens (including phenoxy) is 2. The van der Waals surface area contributed by atoms with Crippen molar-refractivity contribution in [2.45, 2.75) is 55.9 Å². The van der Waals surface area contributed by atoms with Crippen molar-refractivity contribution in [1.29, 1.82) is 0 Å². The van der Waals surface area contributed by atoms with Crippen molar-refractivity contribution >= 4 is 5.69 Å². The number of anilines is 1. The molecule has 2 bridgehead atoms. The van der Waals surface area contributed by atoms with Crippen LogP contribution >= 0.6 is 0 Å². The number of fused-ring (bicyclic) bond motifs is 4. The molecule has 1 aromatic rings. The third-order valence-corrected chi connectivity index (χ3v) is 8.66. The molecule has 6 heterocycles. The van der Waals surface area contributed by atoms with Crippen molar-refractivity contribution in [3.8, 4) is 5.75 Å². The highest BCUT2D eigenvalue weighted by molar-refractivity contribution is 5.62. The lowest BCUT2D eigenvalue weighted by molar-refractivity contribution is 0.0497. The molecule has 6 aliphatic rings. The van der Waals surface area contributed by atoms with Gasteiger partial charge in [-0.2, -0.15) is 0 Å². The van der Waals surface area contributed by atoms with Crippen molar-refractivity contribution in [3.63, 3.8) is 0 Å². The Morgan fingerprint density at radius 2 is 1.79 bits per heavy atom. The van der Waals surface area contributed by atoms with E-state index in [1.807, 2.05) is 0 Å². The molecule has 3 N–H and O–H groups in total. The quantitative estimate of drug-likeness (QED) is 0.654. The first-order chi connectivity index (χ1) is 16.3.